The van der Waals surface area contributed by atoms with E-state index in [9.17, 15) is 14.4 Å². The second-order valence-electron chi connectivity index (χ2n) is 6.82. The average Bonchev–Trinajstić information content (AvgIpc) is 3.00. The molecular formula is C19H19N3O4S. The molecule has 0 bridgehead atoms. The Labute approximate surface area is 159 Å². The Kier molecular flexibility index (Phi) is 4.15. The van der Waals surface area contributed by atoms with Crippen LogP contribution in [-0.2, 0) is 22.4 Å². The zero-order chi connectivity index (χ0) is 19.2. The van der Waals surface area contributed by atoms with Crippen molar-refractivity contribution in [2.75, 3.05) is 10.6 Å². The van der Waals surface area contributed by atoms with E-state index in [1.165, 1.54) is 18.3 Å². The van der Waals surface area contributed by atoms with Crippen LogP contribution in [-0.4, -0.2) is 23.3 Å². The molecule has 1 aromatic heterocycles. The number of para-hydroxylation sites is 2. The molecule has 3 amide bonds. The monoisotopic (exact) mass is 385 g/mol. The molecule has 4 rings (SSSR count). The van der Waals surface area contributed by atoms with Crippen molar-refractivity contribution in [2.24, 2.45) is 5.73 Å². The Balaban J connectivity index is 1.66. The van der Waals surface area contributed by atoms with Gasteiger partial charge in [0.2, 0.25) is 0 Å². The number of fused-ring (bicyclic) bond motifs is 2. The van der Waals surface area contributed by atoms with Gasteiger partial charge in [-0.05, 0) is 50.3 Å². The first-order chi connectivity index (χ1) is 12.9. The number of carbonyl (C=O) groups is 3. The smallest absolute Gasteiger partial charge is 0.278 e. The topological polar surface area (TPSA) is 111 Å². The number of benzene rings is 1. The number of hydrogen-bond acceptors (Lipinski definition) is 5. The molecule has 0 saturated carbocycles. The maximum atomic E-state index is 13.0. The fraction of sp³-hybridized carbons (Fsp3) is 0.316. The van der Waals surface area contributed by atoms with E-state index in [2.05, 4.69) is 10.6 Å². The summed E-state index contributed by atoms with van der Waals surface area (Å²) in [7, 11) is 0. The Bertz CT molecular complexity index is 968. The fourth-order valence-electron chi connectivity index (χ4n) is 3.45. The first-order valence-corrected chi connectivity index (χ1v) is 9.57. The summed E-state index contributed by atoms with van der Waals surface area (Å²) >= 11 is 1.35. The van der Waals surface area contributed by atoms with E-state index in [0.29, 0.717) is 22.0 Å². The molecule has 1 aliphatic heterocycles. The number of aryl methyl sites for hydroxylation is 1. The number of thiophene rings is 1. The van der Waals surface area contributed by atoms with Crippen LogP contribution in [0.2, 0.25) is 0 Å². The molecule has 1 atom stereocenters. The van der Waals surface area contributed by atoms with Gasteiger partial charge in [-0.15, -0.1) is 11.3 Å². The summed E-state index contributed by atoms with van der Waals surface area (Å²) in [6.45, 7) is 1.41. The van der Waals surface area contributed by atoms with Gasteiger partial charge in [-0.25, -0.2) is 0 Å². The lowest BCUT2D eigenvalue weighted by Crippen LogP contribution is -2.56. The van der Waals surface area contributed by atoms with Crippen LogP contribution in [0.1, 0.15) is 40.6 Å². The quantitative estimate of drug-likeness (QED) is 0.705. The predicted molar refractivity (Wildman–Crippen MR) is 102 cm³/mol. The number of anilines is 2. The molecular weight excluding hydrogens is 366 g/mol. The van der Waals surface area contributed by atoms with E-state index in [0.717, 1.165) is 36.1 Å². The number of carbonyl (C=O) groups excluding carboxylic acids is 3. The van der Waals surface area contributed by atoms with Crippen molar-refractivity contribution in [2.45, 2.75) is 38.2 Å². The van der Waals surface area contributed by atoms with Gasteiger partial charge in [-0.3, -0.25) is 14.4 Å². The zero-order valence-electron chi connectivity index (χ0n) is 14.8. The van der Waals surface area contributed by atoms with Crippen LogP contribution in [0.15, 0.2) is 24.3 Å². The van der Waals surface area contributed by atoms with E-state index in [1.807, 2.05) is 0 Å². The lowest BCUT2D eigenvalue weighted by molar-refractivity contribution is -0.143. The van der Waals surface area contributed by atoms with Crippen molar-refractivity contribution in [3.05, 3.63) is 40.3 Å². The third kappa shape index (κ3) is 2.86. The lowest BCUT2D eigenvalue weighted by Gasteiger charge is -2.33. The number of rotatable bonds is 3. The molecule has 0 fully saturated rings. The highest BCUT2D eigenvalue weighted by Crippen LogP contribution is 2.39. The molecule has 8 heteroatoms. The van der Waals surface area contributed by atoms with E-state index in [1.54, 1.807) is 24.3 Å². The molecule has 27 heavy (non-hydrogen) atoms. The van der Waals surface area contributed by atoms with Gasteiger partial charge < -0.3 is 21.1 Å². The average molecular weight is 385 g/mol. The normalized spacial score (nSPS) is 20.7. The fourth-order valence-corrected chi connectivity index (χ4v) is 4.74. The third-order valence-electron chi connectivity index (χ3n) is 4.96. The minimum Gasteiger partial charge on any atom is -0.466 e. The Morgan fingerprint density at radius 3 is 2.78 bits per heavy atom. The molecule has 2 heterocycles. The van der Waals surface area contributed by atoms with E-state index < -0.39 is 23.3 Å². The van der Waals surface area contributed by atoms with Crippen molar-refractivity contribution in [3.63, 3.8) is 0 Å². The van der Waals surface area contributed by atoms with Crippen molar-refractivity contribution in [1.82, 2.24) is 0 Å². The number of primary amides is 1. The SMILES string of the molecule is CC1(C(=O)Nc2sc3c(c2C(N)=O)CCCC3)Oc2ccccc2NC1=O. The van der Waals surface area contributed by atoms with E-state index in [-0.39, 0.29) is 0 Å². The van der Waals surface area contributed by atoms with Crippen LogP contribution >= 0.6 is 11.3 Å². The van der Waals surface area contributed by atoms with Crippen LogP contribution < -0.4 is 21.1 Å². The van der Waals surface area contributed by atoms with Gasteiger partial charge in [0.15, 0.2) is 0 Å². The van der Waals surface area contributed by atoms with Crippen LogP contribution in [0.25, 0.3) is 0 Å². The van der Waals surface area contributed by atoms with E-state index >= 15 is 0 Å². The van der Waals surface area contributed by atoms with Gasteiger partial charge in [-0.2, -0.15) is 0 Å². The van der Waals surface area contributed by atoms with Gasteiger partial charge in [0.1, 0.15) is 10.8 Å². The van der Waals surface area contributed by atoms with Crippen molar-refractivity contribution < 1.29 is 19.1 Å². The Morgan fingerprint density at radius 1 is 1.26 bits per heavy atom. The summed E-state index contributed by atoms with van der Waals surface area (Å²) in [5.74, 6) is -1.37. The van der Waals surface area contributed by atoms with Crippen LogP contribution in [0.3, 0.4) is 0 Å². The van der Waals surface area contributed by atoms with Gasteiger partial charge in [0.05, 0.1) is 11.3 Å². The van der Waals surface area contributed by atoms with Crippen LogP contribution in [0.5, 0.6) is 5.75 Å². The second kappa shape index (κ2) is 6.38. The van der Waals surface area contributed by atoms with Crippen LogP contribution in [0.4, 0.5) is 10.7 Å². The molecule has 140 valence electrons. The summed E-state index contributed by atoms with van der Waals surface area (Å²) < 4.78 is 5.73. The maximum absolute atomic E-state index is 13.0. The minimum atomic E-state index is -1.76. The van der Waals surface area contributed by atoms with Gasteiger partial charge in [-0.1, -0.05) is 12.1 Å². The number of hydrogen-bond donors (Lipinski definition) is 3. The third-order valence-corrected chi connectivity index (χ3v) is 6.17. The summed E-state index contributed by atoms with van der Waals surface area (Å²) in [4.78, 5) is 38.5. The lowest BCUT2D eigenvalue weighted by atomic mass is 9.95. The standard InChI is InChI=1S/C19H19N3O4S/c1-19(17(24)21-11-7-3-4-8-12(11)26-19)18(25)22-16-14(15(20)23)10-6-2-5-9-13(10)27-16/h3-4,7-8H,2,5-6,9H2,1H3,(H2,20,23)(H,21,24)(H,22,25). The summed E-state index contributed by atoms with van der Waals surface area (Å²) in [6.07, 6.45) is 3.65. The largest absolute Gasteiger partial charge is 0.466 e. The van der Waals surface area contributed by atoms with Gasteiger partial charge >= 0.3 is 0 Å². The molecule has 0 radical (unpaired) electrons. The predicted octanol–water partition coefficient (Wildman–Crippen LogP) is 2.45. The molecule has 1 aromatic carbocycles. The molecule has 7 nitrogen and oxygen atoms in total. The number of ether oxygens (including phenoxy) is 1. The maximum Gasteiger partial charge on any atom is 0.278 e. The summed E-state index contributed by atoms with van der Waals surface area (Å²) in [5, 5.41) is 5.79. The van der Waals surface area contributed by atoms with Crippen molar-refractivity contribution in [1.29, 1.82) is 0 Å². The highest BCUT2D eigenvalue weighted by Gasteiger charge is 2.47. The summed E-state index contributed by atoms with van der Waals surface area (Å²) in [6, 6.07) is 6.90. The van der Waals surface area contributed by atoms with Gasteiger partial charge in [0.25, 0.3) is 23.3 Å². The highest BCUT2D eigenvalue weighted by atomic mass is 32.1. The number of nitrogens with one attached hydrogen (secondary N) is 2. The first-order valence-electron chi connectivity index (χ1n) is 8.75. The van der Waals surface area contributed by atoms with E-state index in [4.69, 9.17) is 10.5 Å². The first kappa shape index (κ1) is 17.5. The number of amides is 3. The Morgan fingerprint density at radius 2 is 2.00 bits per heavy atom. The minimum absolute atomic E-state index is 0.350. The highest BCUT2D eigenvalue weighted by molar-refractivity contribution is 7.17. The molecule has 1 unspecified atom stereocenters. The Hall–Kier alpha value is -2.87. The summed E-state index contributed by atoms with van der Waals surface area (Å²) in [5.41, 5.74) is 5.59. The molecule has 2 aromatic rings. The molecule has 0 spiro atoms. The van der Waals surface area contributed by atoms with Crippen molar-refractivity contribution in [3.8, 4) is 5.75 Å². The molecule has 1 aliphatic carbocycles. The van der Waals surface area contributed by atoms with Gasteiger partial charge in [0, 0.05) is 4.88 Å². The second-order valence-corrected chi connectivity index (χ2v) is 7.92. The number of nitrogens with two attached hydrogens (primary N) is 1. The molecule has 4 N–H and O–H groups in total. The molecule has 0 saturated heterocycles. The molecule has 2 aliphatic rings. The van der Waals surface area contributed by atoms with Crippen molar-refractivity contribution >= 4 is 39.7 Å². The van der Waals surface area contributed by atoms with Crippen LogP contribution in [0, 0.1) is 0 Å². The zero-order valence-corrected chi connectivity index (χ0v) is 15.6.